The number of anilines is 2. The summed E-state index contributed by atoms with van der Waals surface area (Å²) < 4.78 is 0. The van der Waals surface area contributed by atoms with Crippen LogP contribution in [0.3, 0.4) is 0 Å². The van der Waals surface area contributed by atoms with Gasteiger partial charge in [0.15, 0.2) is 11.6 Å². The topological polar surface area (TPSA) is 76.5 Å². The van der Waals surface area contributed by atoms with Crippen molar-refractivity contribution in [3.63, 3.8) is 0 Å². The molecule has 3 rings (SSSR count). The van der Waals surface area contributed by atoms with Crippen molar-refractivity contribution in [1.29, 1.82) is 0 Å². The normalized spacial score (nSPS) is 12.4. The first kappa shape index (κ1) is 13.8. The number of nitrogens with two attached hydrogens (primary N) is 1. The van der Waals surface area contributed by atoms with Gasteiger partial charge in [0, 0.05) is 34.6 Å². The Morgan fingerprint density at radius 2 is 1.73 bits per heavy atom. The summed E-state index contributed by atoms with van der Waals surface area (Å²) in [6.07, 6.45) is 0. The van der Waals surface area contributed by atoms with Gasteiger partial charge in [-0.3, -0.25) is 9.59 Å². The number of carbonyl (C=O) groups excluding carboxylic acids is 2. The first-order chi connectivity index (χ1) is 10.6. The lowest BCUT2D eigenvalue weighted by atomic mass is 9.82. The Hall–Kier alpha value is -3.13. The highest BCUT2D eigenvalue weighted by molar-refractivity contribution is 6.32. The number of nitrogens with one attached hydrogen (secondary N) is 1. The number of hydrogen-bond acceptors (Lipinski definition) is 4. The van der Waals surface area contributed by atoms with Crippen molar-refractivity contribution >= 4 is 28.6 Å². The molecule has 0 aromatic heterocycles. The van der Waals surface area contributed by atoms with E-state index in [0.29, 0.717) is 23.4 Å². The molecule has 108 valence electrons. The smallest absolute Gasteiger partial charge is 0.212 e. The lowest BCUT2D eigenvalue weighted by Gasteiger charge is -2.23. The third-order valence-electron chi connectivity index (χ3n) is 3.70. The second-order valence-electron chi connectivity index (χ2n) is 4.95. The van der Waals surface area contributed by atoms with Crippen LogP contribution in [0, 0.1) is 6.57 Å². The Bertz CT molecular complexity index is 863. The van der Waals surface area contributed by atoms with Gasteiger partial charge in [0.25, 0.3) is 0 Å². The molecule has 0 heterocycles. The summed E-state index contributed by atoms with van der Waals surface area (Å²) in [6.45, 7) is 9.66. The summed E-state index contributed by atoms with van der Waals surface area (Å²) in [6, 6.07) is 8.19. The molecule has 0 atom stereocenters. The zero-order valence-corrected chi connectivity index (χ0v) is 11.9. The number of nitrogens with zero attached hydrogens (tertiary/aromatic N) is 1. The maximum Gasteiger partial charge on any atom is 0.212 e. The molecule has 0 amide bonds. The summed E-state index contributed by atoms with van der Waals surface area (Å²) in [5.74, 6) is -0.559. The van der Waals surface area contributed by atoms with Crippen LogP contribution in [0.25, 0.3) is 4.85 Å². The summed E-state index contributed by atoms with van der Waals surface area (Å²) in [5, 5.41) is 3.05. The molecule has 3 N–H and O–H groups in total. The van der Waals surface area contributed by atoms with Crippen LogP contribution in [0.2, 0.25) is 0 Å². The van der Waals surface area contributed by atoms with Crippen molar-refractivity contribution in [2.24, 2.45) is 0 Å². The van der Waals surface area contributed by atoms with Crippen LogP contribution in [-0.2, 0) is 0 Å². The highest BCUT2D eigenvalue weighted by Gasteiger charge is 2.34. The summed E-state index contributed by atoms with van der Waals surface area (Å²) >= 11 is 0. The molecule has 0 spiro atoms. The summed E-state index contributed by atoms with van der Waals surface area (Å²) in [4.78, 5) is 28.9. The van der Waals surface area contributed by atoms with Crippen molar-refractivity contribution in [3.8, 4) is 0 Å². The molecule has 0 bridgehead atoms. The van der Waals surface area contributed by atoms with E-state index < -0.39 is 0 Å². The van der Waals surface area contributed by atoms with Gasteiger partial charge in [-0.05, 0) is 13.0 Å². The van der Waals surface area contributed by atoms with Crippen LogP contribution < -0.4 is 11.1 Å². The average Bonchev–Trinajstić information content (AvgIpc) is 2.54. The Morgan fingerprint density at radius 3 is 2.27 bits per heavy atom. The molecule has 1 aliphatic rings. The number of hydrogen-bond donors (Lipinski definition) is 2. The van der Waals surface area contributed by atoms with Gasteiger partial charge < -0.3 is 11.1 Å². The molecule has 0 saturated heterocycles. The lowest BCUT2D eigenvalue weighted by Crippen LogP contribution is -2.24. The molecule has 0 unspecified atom stereocenters. The van der Waals surface area contributed by atoms with E-state index >= 15 is 0 Å². The van der Waals surface area contributed by atoms with E-state index in [1.54, 1.807) is 24.3 Å². The van der Waals surface area contributed by atoms with Gasteiger partial charge in [-0.25, -0.2) is 4.85 Å². The predicted molar refractivity (Wildman–Crippen MR) is 84.6 cm³/mol. The average molecular weight is 291 g/mol. The molecule has 0 saturated carbocycles. The van der Waals surface area contributed by atoms with E-state index in [1.807, 2.05) is 6.92 Å². The molecular formula is C17H13N3O2. The second-order valence-corrected chi connectivity index (χ2v) is 4.95. The second kappa shape index (κ2) is 5.01. The van der Waals surface area contributed by atoms with E-state index in [-0.39, 0.29) is 34.1 Å². The van der Waals surface area contributed by atoms with Crippen LogP contribution >= 0.6 is 0 Å². The number of rotatable bonds is 2. The van der Waals surface area contributed by atoms with Gasteiger partial charge in [-0.15, -0.1) is 0 Å². The molecule has 5 nitrogen and oxygen atoms in total. The van der Waals surface area contributed by atoms with Gasteiger partial charge >= 0.3 is 0 Å². The minimum Gasteiger partial charge on any atom is -0.407 e. The summed E-state index contributed by atoms with van der Waals surface area (Å²) in [7, 11) is 0. The van der Waals surface area contributed by atoms with Gasteiger partial charge in [0.2, 0.25) is 5.69 Å². The number of nitrogen functional groups attached to an aromatic ring is 1. The van der Waals surface area contributed by atoms with E-state index in [9.17, 15) is 9.59 Å². The van der Waals surface area contributed by atoms with Gasteiger partial charge in [0.1, 0.15) is 0 Å². The van der Waals surface area contributed by atoms with Crippen LogP contribution in [0.4, 0.5) is 17.1 Å². The Balaban J connectivity index is 2.39. The third-order valence-corrected chi connectivity index (χ3v) is 3.70. The molecule has 0 radical (unpaired) electrons. The fourth-order valence-electron chi connectivity index (χ4n) is 2.73. The molecule has 22 heavy (non-hydrogen) atoms. The van der Waals surface area contributed by atoms with Crippen molar-refractivity contribution in [3.05, 3.63) is 64.0 Å². The standard InChI is InChI=1S/C17H13N3O2/c1-3-20-11-8-12(19-2)15(18)14-13(11)16(21)9-6-4-5-7-10(9)17(14)22/h4-8,20H,3,18H2,1H3. The van der Waals surface area contributed by atoms with E-state index in [2.05, 4.69) is 10.2 Å². The van der Waals surface area contributed by atoms with Gasteiger partial charge in [0.05, 0.1) is 12.1 Å². The maximum absolute atomic E-state index is 12.8. The highest BCUT2D eigenvalue weighted by Crippen LogP contribution is 2.40. The maximum atomic E-state index is 12.8. The molecular weight excluding hydrogens is 278 g/mol. The monoisotopic (exact) mass is 291 g/mol. The predicted octanol–water partition coefficient (Wildman–Crippen LogP) is 3.03. The zero-order valence-electron chi connectivity index (χ0n) is 11.9. The molecule has 5 heteroatoms. The van der Waals surface area contributed by atoms with Crippen molar-refractivity contribution < 1.29 is 9.59 Å². The molecule has 0 aliphatic heterocycles. The Morgan fingerprint density at radius 1 is 1.14 bits per heavy atom. The minimum absolute atomic E-state index is 0.0690. The first-order valence-electron chi connectivity index (χ1n) is 6.86. The van der Waals surface area contributed by atoms with E-state index in [0.717, 1.165) is 0 Å². The molecule has 2 aromatic rings. The molecule has 2 aromatic carbocycles. The summed E-state index contributed by atoms with van der Waals surface area (Å²) in [5.41, 5.74) is 7.79. The number of carbonyl (C=O) groups is 2. The number of ketones is 2. The fraction of sp³-hybridized carbons (Fsp3) is 0.118. The van der Waals surface area contributed by atoms with Gasteiger partial charge in [-0.1, -0.05) is 24.3 Å². The molecule has 0 fully saturated rings. The van der Waals surface area contributed by atoms with E-state index in [1.165, 1.54) is 6.07 Å². The zero-order chi connectivity index (χ0) is 15.9. The molecule has 1 aliphatic carbocycles. The van der Waals surface area contributed by atoms with Crippen LogP contribution in [0.5, 0.6) is 0 Å². The quantitative estimate of drug-likeness (QED) is 0.562. The first-order valence-corrected chi connectivity index (χ1v) is 6.86. The third kappa shape index (κ3) is 1.78. The Kier molecular flexibility index (Phi) is 3.15. The van der Waals surface area contributed by atoms with Crippen molar-refractivity contribution in [1.82, 2.24) is 0 Å². The largest absolute Gasteiger partial charge is 0.407 e. The lowest BCUT2D eigenvalue weighted by molar-refractivity contribution is 0.0980. The van der Waals surface area contributed by atoms with Crippen molar-refractivity contribution in [2.75, 3.05) is 17.6 Å². The highest BCUT2D eigenvalue weighted by atomic mass is 16.1. The van der Waals surface area contributed by atoms with Crippen LogP contribution in [0.15, 0.2) is 30.3 Å². The minimum atomic E-state index is -0.313. The SMILES string of the molecule is [C-]#[N+]c1cc(NCC)c2c(c1N)C(=O)c1ccccc1C2=O. The van der Waals surface area contributed by atoms with Crippen molar-refractivity contribution in [2.45, 2.75) is 6.92 Å². The van der Waals surface area contributed by atoms with Crippen LogP contribution in [-0.4, -0.2) is 18.1 Å². The van der Waals surface area contributed by atoms with Crippen LogP contribution in [0.1, 0.15) is 38.8 Å². The van der Waals surface area contributed by atoms with E-state index in [4.69, 9.17) is 12.3 Å². The van der Waals surface area contributed by atoms with Gasteiger partial charge in [-0.2, -0.15) is 0 Å². The number of benzene rings is 2. The number of fused-ring (bicyclic) bond motifs is 2. The Labute approximate surface area is 127 Å². The fourth-order valence-corrected chi connectivity index (χ4v) is 2.73.